The Kier molecular flexibility index (Phi) is 5.35. The molecule has 0 aliphatic heterocycles. The van der Waals surface area contributed by atoms with Crippen LogP contribution in [0.3, 0.4) is 0 Å². The molecule has 0 heterocycles. The Morgan fingerprint density at radius 2 is 1.76 bits per heavy atom. The zero-order valence-corrected chi connectivity index (χ0v) is 13.5. The van der Waals surface area contributed by atoms with Gasteiger partial charge in [-0.05, 0) is 12.1 Å². The van der Waals surface area contributed by atoms with Gasteiger partial charge in [-0.3, -0.25) is 0 Å². The lowest BCUT2D eigenvalue weighted by molar-refractivity contribution is 0.0600. The van der Waals surface area contributed by atoms with Crippen LogP contribution in [0.4, 0.5) is 0 Å². The summed E-state index contributed by atoms with van der Waals surface area (Å²) in [5, 5.41) is -0.943. The highest BCUT2D eigenvalue weighted by Crippen LogP contribution is 2.23. The molecule has 118 valence electrons. The first-order valence-corrected chi connectivity index (χ1v) is 9.59. The molecule has 0 radical (unpaired) electrons. The van der Waals surface area contributed by atoms with E-state index in [2.05, 4.69) is 4.74 Å². The number of hydrogen-bond acceptors (Lipinski definition) is 7. The van der Waals surface area contributed by atoms with E-state index in [0.29, 0.717) is 0 Å². The van der Waals surface area contributed by atoms with E-state index in [-0.39, 0.29) is 16.9 Å². The quantitative estimate of drug-likeness (QED) is 0.692. The molecule has 7 nitrogen and oxygen atoms in total. The number of sulfone groups is 2. The van der Waals surface area contributed by atoms with Crippen molar-refractivity contribution in [2.75, 3.05) is 25.6 Å². The number of carbonyl (C=O) groups is 1. The van der Waals surface area contributed by atoms with Gasteiger partial charge < -0.3 is 9.47 Å². The fourth-order valence-electron chi connectivity index (χ4n) is 1.71. The predicted molar refractivity (Wildman–Crippen MR) is 76.7 cm³/mol. The van der Waals surface area contributed by atoms with E-state index in [0.717, 1.165) is 6.26 Å². The topological polar surface area (TPSA) is 104 Å². The fourth-order valence-corrected chi connectivity index (χ4v) is 5.37. The molecule has 0 N–H and O–H groups in total. The summed E-state index contributed by atoms with van der Waals surface area (Å²) >= 11 is 0. The van der Waals surface area contributed by atoms with E-state index >= 15 is 0 Å². The molecule has 0 bridgehead atoms. The molecule has 0 amide bonds. The maximum atomic E-state index is 11.8. The third-order valence-corrected chi connectivity index (χ3v) is 6.38. The molecular formula is C12H16O7S2. The Morgan fingerprint density at radius 3 is 2.24 bits per heavy atom. The van der Waals surface area contributed by atoms with Crippen molar-refractivity contribution in [1.82, 2.24) is 0 Å². The average Bonchev–Trinajstić information content (AvgIpc) is 2.34. The van der Waals surface area contributed by atoms with Gasteiger partial charge in [0.2, 0.25) is 0 Å². The van der Waals surface area contributed by atoms with Crippen LogP contribution in [0.25, 0.3) is 0 Å². The largest absolute Gasteiger partial charge is 0.496 e. The molecule has 0 aromatic heterocycles. The normalized spacial score (nSPS) is 12.0. The summed E-state index contributed by atoms with van der Waals surface area (Å²) < 4.78 is 55.5. The second kappa shape index (κ2) is 6.44. The summed E-state index contributed by atoms with van der Waals surface area (Å²) in [5.41, 5.74) is 0.479. The number of ether oxygens (including phenoxy) is 2. The minimum atomic E-state index is -3.85. The molecule has 1 rings (SSSR count). The summed E-state index contributed by atoms with van der Waals surface area (Å²) in [6.07, 6.45) is 0.849. The highest BCUT2D eigenvalue weighted by Gasteiger charge is 2.21. The summed E-state index contributed by atoms with van der Waals surface area (Å²) in [6.45, 7) is 0. The molecule has 1 aromatic carbocycles. The summed E-state index contributed by atoms with van der Waals surface area (Å²) in [5.74, 6) is -0.904. The van der Waals surface area contributed by atoms with Gasteiger partial charge in [0.15, 0.2) is 24.8 Å². The molecule has 0 saturated carbocycles. The minimum Gasteiger partial charge on any atom is -0.496 e. The van der Waals surface area contributed by atoms with Crippen molar-refractivity contribution in [1.29, 1.82) is 0 Å². The van der Waals surface area contributed by atoms with Crippen molar-refractivity contribution in [2.24, 2.45) is 0 Å². The van der Waals surface area contributed by atoms with Crippen LogP contribution in [0, 0.1) is 0 Å². The van der Waals surface area contributed by atoms with Gasteiger partial charge in [-0.2, -0.15) is 0 Å². The van der Waals surface area contributed by atoms with E-state index in [1.165, 1.54) is 32.4 Å². The lowest BCUT2D eigenvalue weighted by atomic mass is 10.1. The van der Waals surface area contributed by atoms with E-state index in [1.807, 2.05) is 0 Å². The standard InChI is InChI=1S/C12H16O7S2/c1-18-11-6-9(12(13)19-2)4-5-10(11)7-21(16,17)8-20(3,14)15/h4-6H,7-8H2,1-3H3. The zero-order valence-electron chi connectivity index (χ0n) is 11.8. The predicted octanol–water partition coefficient (Wildman–Crippen LogP) is 0.399. The molecule has 21 heavy (non-hydrogen) atoms. The van der Waals surface area contributed by atoms with Gasteiger partial charge in [0.1, 0.15) is 5.75 Å². The molecule has 0 unspecified atom stereocenters. The Morgan fingerprint density at radius 1 is 1.14 bits per heavy atom. The second-order valence-electron chi connectivity index (χ2n) is 4.45. The first kappa shape index (κ1) is 17.4. The van der Waals surface area contributed by atoms with Gasteiger partial charge in [-0.25, -0.2) is 21.6 Å². The van der Waals surface area contributed by atoms with Gasteiger partial charge in [0.25, 0.3) is 0 Å². The van der Waals surface area contributed by atoms with Gasteiger partial charge >= 0.3 is 5.97 Å². The van der Waals surface area contributed by atoms with Crippen LogP contribution in [0.5, 0.6) is 5.75 Å². The molecule has 0 atom stereocenters. The van der Waals surface area contributed by atoms with Crippen molar-refractivity contribution >= 4 is 25.6 Å². The maximum Gasteiger partial charge on any atom is 0.337 e. The van der Waals surface area contributed by atoms with E-state index in [1.54, 1.807) is 0 Å². The Labute approximate surface area is 123 Å². The van der Waals surface area contributed by atoms with Crippen molar-refractivity contribution in [3.63, 3.8) is 0 Å². The lowest BCUT2D eigenvalue weighted by Crippen LogP contribution is -2.17. The highest BCUT2D eigenvalue weighted by atomic mass is 32.3. The highest BCUT2D eigenvalue weighted by molar-refractivity contribution is 8.07. The zero-order chi connectivity index (χ0) is 16.3. The third kappa shape index (κ3) is 5.35. The summed E-state index contributed by atoms with van der Waals surface area (Å²) in [6, 6.07) is 4.13. The van der Waals surface area contributed by atoms with Crippen molar-refractivity contribution in [3.05, 3.63) is 29.3 Å². The van der Waals surface area contributed by atoms with Crippen LogP contribution < -0.4 is 4.74 Å². The average molecular weight is 336 g/mol. The first-order valence-electron chi connectivity index (χ1n) is 5.71. The van der Waals surface area contributed by atoms with Gasteiger partial charge in [-0.15, -0.1) is 0 Å². The summed E-state index contributed by atoms with van der Waals surface area (Å²) in [4.78, 5) is 11.4. The monoisotopic (exact) mass is 336 g/mol. The minimum absolute atomic E-state index is 0.176. The number of esters is 1. The van der Waals surface area contributed by atoms with Crippen molar-refractivity contribution < 1.29 is 31.1 Å². The lowest BCUT2D eigenvalue weighted by Gasteiger charge is -2.10. The fraction of sp³-hybridized carbons (Fsp3) is 0.417. The van der Waals surface area contributed by atoms with Crippen LogP contribution in [0.15, 0.2) is 18.2 Å². The molecule has 1 aromatic rings. The SMILES string of the molecule is COC(=O)c1ccc(CS(=O)(=O)CS(C)(=O)=O)c(OC)c1. The smallest absolute Gasteiger partial charge is 0.337 e. The van der Waals surface area contributed by atoms with Crippen LogP contribution in [0.2, 0.25) is 0 Å². The third-order valence-electron chi connectivity index (χ3n) is 2.48. The Balaban J connectivity index is 3.12. The van der Waals surface area contributed by atoms with Gasteiger partial charge in [-0.1, -0.05) is 6.07 Å². The van der Waals surface area contributed by atoms with Crippen LogP contribution in [0.1, 0.15) is 15.9 Å². The van der Waals surface area contributed by atoms with E-state index < -0.39 is 36.5 Å². The van der Waals surface area contributed by atoms with Gasteiger partial charge in [0.05, 0.1) is 25.5 Å². The van der Waals surface area contributed by atoms with Gasteiger partial charge in [0, 0.05) is 11.8 Å². The van der Waals surface area contributed by atoms with Crippen LogP contribution in [-0.4, -0.2) is 48.4 Å². The second-order valence-corrected chi connectivity index (χ2v) is 9.02. The number of benzene rings is 1. The molecule has 0 fully saturated rings. The van der Waals surface area contributed by atoms with E-state index in [4.69, 9.17) is 4.74 Å². The molecule has 0 aliphatic carbocycles. The number of carbonyl (C=O) groups excluding carboxylic acids is 1. The van der Waals surface area contributed by atoms with Crippen LogP contribution in [-0.2, 0) is 30.2 Å². The Hall–Kier alpha value is -1.61. The van der Waals surface area contributed by atoms with E-state index in [9.17, 15) is 21.6 Å². The number of rotatable bonds is 6. The Bertz CT molecular complexity index is 733. The molecule has 0 aliphatic rings. The van der Waals surface area contributed by atoms with Crippen molar-refractivity contribution in [2.45, 2.75) is 5.75 Å². The maximum absolute atomic E-state index is 11.8. The number of methoxy groups -OCH3 is 2. The molecule has 0 spiro atoms. The molecule has 0 saturated heterocycles. The molecular weight excluding hydrogens is 320 g/mol. The van der Waals surface area contributed by atoms with Crippen molar-refractivity contribution in [3.8, 4) is 5.75 Å². The number of hydrogen-bond donors (Lipinski definition) is 0. The molecule has 9 heteroatoms. The van der Waals surface area contributed by atoms with Crippen LogP contribution >= 0.6 is 0 Å². The summed E-state index contributed by atoms with van der Waals surface area (Å²) in [7, 11) is -4.95. The first-order chi connectivity index (χ1) is 9.58.